The number of nitrogens with zero attached hydrogens (tertiary/aromatic N) is 1. The molecular weight excluding hydrogens is 406 g/mol. The molecule has 0 saturated carbocycles. The van der Waals surface area contributed by atoms with Crippen LogP contribution in [0.2, 0.25) is 0 Å². The lowest BCUT2D eigenvalue weighted by molar-refractivity contribution is -0.139. The summed E-state index contributed by atoms with van der Waals surface area (Å²) in [7, 11) is 0. The number of rotatable bonds is 9. The van der Waals surface area contributed by atoms with Gasteiger partial charge in [0.1, 0.15) is 5.75 Å². The molecule has 1 atom stereocenters. The zero-order valence-corrected chi connectivity index (χ0v) is 19.1. The minimum Gasteiger partial charge on any atom is -0.491 e. The molecule has 2 N–H and O–H groups in total. The zero-order chi connectivity index (χ0) is 23.1. The van der Waals surface area contributed by atoms with Crippen LogP contribution in [-0.4, -0.2) is 37.8 Å². The molecule has 1 aliphatic heterocycles. The van der Waals surface area contributed by atoms with Crippen molar-refractivity contribution in [2.45, 2.75) is 39.8 Å². The fraction of sp³-hybridized carbons (Fsp3) is 0.360. The van der Waals surface area contributed by atoms with Gasteiger partial charge in [-0.05, 0) is 57.5 Å². The molecule has 3 rings (SSSR count). The van der Waals surface area contributed by atoms with Crippen molar-refractivity contribution in [2.24, 2.45) is 0 Å². The number of anilines is 1. The van der Waals surface area contributed by atoms with Gasteiger partial charge in [-0.25, -0.2) is 9.59 Å². The molecule has 170 valence electrons. The Kier molecular flexibility index (Phi) is 7.76. The summed E-state index contributed by atoms with van der Waals surface area (Å²) in [5.74, 6) is 0.277. The molecule has 1 heterocycles. The summed E-state index contributed by atoms with van der Waals surface area (Å²) >= 11 is 0. The number of benzene rings is 2. The Labute approximate surface area is 189 Å². The van der Waals surface area contributed by atoms with E-state index in [0.29, 0.717) is 24.4 Å². The molecule has 0 radical (unpaired) electrons. The van der Waals surface area contributed by atoms with Gasteiger partial charge in [-0.3, -0.25) is 0 Å². The van der Waals surface area contributed by atoms with Gasteiger partial charge in [-0.15, -0.1) is 0 Å². The van der Waals surface area contributed by atoms with E-state index < -0.39 is 12.0 Å². The van der Waals surface area contributed by atoms with Gasteiger partial charge < -0.3 is 25.0 Å². The van der Waals surface area contributed by atoms with E-state index in [-0.39, 0.29) is 18.7 Å². The number of nitrogens with one attached hydrogen (secondary N) is 2. The number of likely N-dealkylation sites (N-methyl/N-ethyl adjacent to an activating group) is 1. The third kappa shape index (κ3) is 5.60. The maximum Gasteiger partial charge on any atom is 0.338 e. The highest BCUT2D eigenvalue weighted by atomic mass is 16.5. The molecule has 1 unspecified atom stereocenters. The van der Waals surface area contributed by atoms with Crippen LogP contribution in [0.1, 0.15) is 39.3 Å². The summed E-state index contributed by atoms with van der Waals surface area (Å²) in [5.41, 5.74) is 2.72. The number of urea groups is 1. The standard InChI is InChI=1S/C25H31N3O4/c1-5-28(19-10-8-7-9-11-19)16-21-22(24(29)31-6-2)23(27-25(30)26-21)18-12-14-20(15-13-18)32-17(3)4/h7-15,17,23H,5-6,16H2,1-4H3,(H2,26,27,30). The first-order valence-corrected chi connectivity index (χ1v) is 11.0. The summed E-state index contributed by atoms with van der Waals surface area (Å²) in [6.45, 7) is 9.04. The smallest absolute Gasteiger partial charge is 0.338 e. The van der Waals surface area contributed by atoms with Crippen molar-refractivity contribution in [3.8, 4) is 5.75 Å². The molecule has 0 spiro atoms. The van der Waals surface area contributed by atoms with Crippen molar-refractivity contribution in [3.05, 3.63) is 71.4 Å². The lowest BCUT2D eigenvalue weighted by Crippen LogP contribution is -2.48. The lowest BCUT2D eigenvalue weighted by atomic mass is 9.94. The van der Waals surface area contributed by atoms with Gasteiger partial charge in [-0.1, -0.05) is 30.3 Å². The molecule has 0 saturated heterocycles. The maximum atomic E-state index is 13.0. The van der Waals surface area contributed by atoms with Crippen LogP contribution >= 0.6 is 0 Å². The molecule has 1 aliphatic rings. The molecule has 2 amide bonds. The van der Waals surface area contributed by atoms with Crippen LogP contribution in [0.3, 0.4) is 0 Å². The Morgan fingerprint density at radius 3 is 2.34 bits per heavy atom. The second-order valence-electron chi connectivity index (χ2n) is 7.73. The third-order valence-corrected chi connectivity index (χ3v) is 5.09. The maximum absolute atomic E-state index is 13.0. The van der Waals surface area contributed by atoms with Crippen LogP contribution in [-0.2, 0) is 9.53 Å². The molecule has 0 bridgehead atoms. The predicted molar refractivity (Wildman–Crippen MR) is 125 cm³/mol. The fourth-order valence-corrected chi connectivity index (χ4v) is 3.67. The number of carbonyl (C=O) groups excluding carboxylic acids is 2. The Morgan fingerprint density at radius 2 is 1.75 bits per heavy atom. The normalized spacial score (nSPS) is 15.8. The lowest BCUT2D eigenvalue weighted by Gasteiger charge is -2.32. The Balaban J connectivity index is 2.00. The Morgan fingerprint density at radius 1 is 1.06 bits per heavy atom. The SMILES string of the molecule is CCOC(=O)C1=C(CN(CC)c2ccccc2)NC(=O)NC1c1ccc(OC(C)C)cc1. The van der Waals surface area contributed by atoms with Crippen LogP contribution in [0, 0.1) is 0 Å². The fourth-order valence-electron chi connectivity index (χ4n) is 3.67. The van der Waals surface area contributed by atoms with Crippen molar-refractivity contribution in [1.29, 1.82) is 0 Å². The second kappa shape index (κ2) is 10.7. The minimum atomic E-state index is -0.625. The zero-order valence-electron chi connectivity index (χ0n) is 19.1. The van der Waals surface area contributed by atoms with E-state index >= 15 is 0 Å². The van der Waals surface area contributed by atoms with Crippen LogP contribution in [0.15, 0.2) is 65.9 Å². The molecule has 0 aliphatic carbocycles. The average molecular weight is 438 g/mol. The predicted octanol–water partition coefficient (Wildman–Crippen LogP) is 4.17. The highest BCUT2D eigenvalue weighted by Crippen LogP contribution is 2.30. The number of carbonyl (C=O) groups is 2. The van der Waals surface area contributed by atoms with Gasteiger partial charge in [-0.2, -0.15) is 0 Å². The van der Waals surface area contributed by atoms with E-state index in [1.807, 2.05) is 75.4 Å². The third-order valence-electron chi connectivity index (χ3n) is 5.09. The summed E-state index contributed by atoms with van der Waals surface area (Å²) < 4.78 is 11.1. The first kappa shape index (κ1) is 23.2. The van der Waals surface area contributed by atoms with Crippen molar-refractivity contribution in [1.82, 2.24) is 10.6 Å². The molecular formula is C25H31N3O4. The molecule has 2 aromatic rings. The average Bonchev–Trinajstić information content (AvgIpc) is 2.78. The Bertz CT molecular complexity index is 955. The van der Waals surface area contributed by atoms with E-state index in [0.717, 1.165) is 17.0 Å². The molecule has 0 aromatic heterocycles. The molecule has 7 heteroatoms. The highest BCUT2D eigenvalue weighted by molar-refractivity contribution is 5.95. The van der Waals surface area contributed by atoms with Crippen molar-refractivity contribution >= 4 is 17.7 Å². The quantitative estimate of drug-likeness (QED) is 0.576. The number of hydrogen-bond acceptors (Lipinski definition) is 5. The van der Waals surface area contributed by atoms with Crippen molar-refractivity contribution in [3.63, 3.8) is 0 Å². The number of amides is 2. The van der Waals surface area contributed by atoms with Gasteiger partial charge in [0, 0.05) is 12.2 Å². The van der Waals surface area contributed by atoms with Crippen LogP contribution in [0.4, 0.5) is 10.5 Å². The van der Waals surface area contributed by atoms with Crippen LogP contribution in [0.5, 0.6) is 5.75 Å². The van der Waals surface area contributed by atoms with E-state index in [1.54, 1.807) is 6.92 Å². The van der Waals surface area contributed by atoms with Crippen LogP contribution < -0.4 is 20.3 Å². The summed E-state index contributed by atoms with van der Waals surface area (Å²) in [6.07, 6.45) is 0.0547. The summed E-state index contributed by atoms with van der Waals surface area (Å²) in [6, 6.07) is 16.3. The van der Waals surface area contributed by atoms with Crippen molar-refractivity contribution < 1.29 is 19.1 Å². The Hall–Kier alpha value is -3.48. The largest absolute Gasteiger partial charge is 0.491 e. The number of para-hydroxylation sites is 1. The summed E-state index contributed by atoms with van der Waals surface area (Å²) in [4.78, 5) is 27.6. The molecule has 32 heavy (non-hydrogen) atoms. The van der Waals surface area contributed by atoms with E-state index in [2.05, 4.69) is 15.5 Å². The van der Waals surface area contributed by atoms with Gasteiger partial charge in [0.05, 0.1) is 36.6 Å². The number of esters is 1. The topological polar surface area (TPSA) is 79.9 Å². The van der Waals surface area contributed by atoms with Gasteiger partial charge >= 0.3 is 12.0 Å². The van der Waals surface area contributed by atoms with Gasteiger partial charge in [0.2, 0.25) is 0 Å². The number of ether oxygens (including phenoxy) is 2. The van der Waals surface area contributed by atoms with Gasteiger partial charge in [0.25, 0.3) is 0 Å². The first-order chi connectivity index (χ1) is 15.4. The minimum absolute atomic E-state index is 0.0547. The van der Waals surface area contributed by atoms with E-state index in [9.17, 15) is 9.59 Å². The van der Waals surface area contributed by atoms with Crippen LogP contribution in [0.25, 0.3) is 0 Å². The summed E-state index contributed by atoms with van der Waals surface area (Å²) in [5, 5.41) is 5.72. The highest BCUT2D eigenvalue weighted by Gasteiger charge is 2.34. The first-order valence-electron chi connectivity index (χ1n) is 11.0. The molecule has 7 nitrogen and oxygen atoms in total. The molecule has 0 fully saturated rings. The van der Waals surface area contributed by atoms with E-state index in [4.69, 9.17) is 9.47 Å². The van der Waals surface area contributed by atoms with Gasteiger partial charge in [0.15, 0.2) is 0 Å². The molecule has 2 aromatic carbocycles. The number of hydrogen-bond donors (Lipinski definition) is 2. The van der Waals surface area contributed by atoms with Crippen molar-refractivity contribution in [2.75, 3.05) is 24.6 Å². The van der Waals surface area contributed by atoms with E-state index in [1.165, 1.54) is 0 Å². The second-order valence-corrected chi connectivity index (χ2v) is 7.73. The monoisotopic (exact) mass is 437 g/mol.